The second-order valence-corrected chi connectivity index (χ2v) is 6.71. The molecule has 0 saturated heterocycles. The number of carboxylic acid groups (broad SMARTS) is 1. The van der Waals surface area contributed by atoms with E-state index in [0.29, 0.717) is 10.6 Å². The molecule has 0 unspecified atom stereocenters. The lowest BCUT2D eigenvalue weighted by Gasteiger charge is -2.11. The Morgan fingerprint density at radius 1 is 1.06 bits per heavy atom. The molecular weight excluding hydrogens is 482 g/mol. The van der Waals surface area contributed by atoms with Gasteiger partial charge in [-0.05, 0) is 30.3 Å². The molecule has 0 spiro atoms. The Morgan fingerprint density at radius 2 is 1.76 bits per heavy atom. The van der Waals surface area contributed by atoms with E-state index in [1.807, 2.05) is 0 Å². The third-order valence-corrected chi connectivity index (χ3v) is 4.33. The van der Waals surface area contributed by atoms with Crippen LogP contribution in [0.1, 0.15) is 21.7 Å². The molecule has 0 aliphatic heterocycles. The molecule has 174 valence electrons. The third kappa shape index (κ3) is 5.37. The van der Waals surface area contributed by atoms with Gasteiger partial charge in [0, 0.05) is 11.1 Å². The second kappa shape index (κ2) is 8.65. The van der Waals surface area contributed by atoms with E-state index in [-0.39, 0.29) is 27.8 Å². The molecule has 7 nitrogen and oxygen atoms in total. The average molecular weight is 492 g/mol. The molecule has 0 atom stereocenters. The Hall–Kier alpha value is -3.74. The summed E-state index contributed by atoms with van der Waals surface area (Å²) in [5.41, 5.74) is 3.90. The number of aromatic carboxylic acids is 1. The topological polar surface area (TPSA) is 104 Å². The summed E-state index contributed by atoms with van der Waals surface area (Å²) in [6.07, 6.45) is -7.82. The zero-order valence-corrected chi connectivity index (χ0v) is 16.6. The number of benzene rings is 1. The van der Waals surface area contributed by atoms with Gasteiger partial charge in [0.15, 0.2) is 22.8 Å². The van der Waals surface area contributed by atoms with Gasteiger partial charge in [-0.3, -0.25) is 0 Å². The highest BCUT2D eigenvalue weighted by molar-refractivity contribution is 6.33. The molecule has 0 bridgehead atoms. The van der Waals surface area contributed by atoms with Crippen molar-refractivity contribution in [3.05, 3.63) is 76.4 Å². The molecule has 0 saturated carbocycles. The Labute approximate surface area is 185 Å². The van der Waals surface area contributed by atoms with Crippen LogP contribution < -0.4 is 0 Å². The summed E-state index contributed by atoms with van der Waals surface area (Å²) in [5.74, 6) is -1.30. The van der Waals surface area contributed by atoms with Crippen LogP contribution in [0.4, 0.5) is 32.0 Å². The first-order valence-electron chi connectivity index (χ1n) is 8.61. The number of carbonyl (C=O) groups is 1. The van der Waals surface area contributed by atoms with Gasteiger partial charge in [0.2, 0.25) is 0 Å². The molecule has 14 heteroatoms. The third-order valence-electron chi connectivity index (χ3n) is 4.00. The predicted molar refractivity (Wildman–Crippen MR) is 103 cm³/mol. The van der Waals surface area contributed by atoms with Crippen LogP contribution in [0, 0.1) is 0 Å². The van der Waals surface area contributed by atoms with Crippen LogP contribution in [0.3, 0.4) is 0 Å². The Kier molecular flexibility index (Phi) is 6.27. The summed E-state index contributed by atoms with van der Waals surface area (Å²) in [6, 6.07) is 7.28. The SMILES string of the molecule is O=C(O)c1cc2nc(-c3ccco3)cc(C(F)(F)F)n2n1.[NH-]c1cc(C(F)(F)F)ccc1Cl. The number of rotatable bonds is 2. The average Bonchev–Trinajstić information content (AvgIpc) is 3.37. The Morgan fingerprint density at radius 3 is 2.27 bits per heavy atom. The highest BCUT2D eigenvalue weighted by Gasteiger charge is 2.36. The number of nitrogens with one attached hydrogen (secondary N) is 1. The van der Waals surface area contributed by atoms with Crippen LogP contribution >= 0.6 is 11.6 Å². The summed E-state index contributed by atoms with van der Waals surface area (Å²) in [4.78, 5) is 14.8. The lowest BCUT2D eigenvalue weighted by atomic mass is 10.2. The van der Waals surface area contributed by atoms with Gasteiger partial charge in [0.1, 0.15) is 5.69 Å². The number of alkyl halides is 6. The van der Waals surface area contributed by atoms with E-state index in [4.69, 9.17) is 26.9 Å². The van der Waals surface area contributed by atoms with E-state index in [2.05, 4.69) is 10.1 Å². The zero-order valence-electron chi connectivity index (χ0n) is 15.9. The fourth-order valence-electron chi connectivity index (χ4n) is 2.53. The molecule has 1 aromatic carbocycles. The molecular formula is C19H10ClF6N4O3-. The van der Waals surface area contributed by atoms with Crippen LogP contribution in [-0.4, -0.2) is 25.7 Å². The van der Waals surface area contributed by atoms with Gasteiger partial charge < -0.3 is 15.3 Å². The quantitative estimate of drug-likeness (QED) is 0.312. The van der Waals surface area contributed by atoms with E-state index in [9.17, 15) is 31.1 Å². The fourth-order valence-corrected chi connectivity index (χ4v) is 2.65. The van der Waals surface area contributed by atoms with Crippen LogP contribution in [0.5, 0.6) is 0 Å². The molecule has 0 amide bonds. The molecule has 3 aromatic heterocycles. The summed E-state index contributed by atoms with van der Waals surface area (Å²) in [6.45, 7) is 0. The maximum Gasteiger partial charge on any atom is 0.433 e. The summed E-state index contributed by atoms with van der Waals surface area (Å²) >= 11 is 5.38. The first kappa shape index (κ1) is 23.9. The van der Waals surface area contributed by atoms with Crippen LogP contribution in [0.25, 0.3) is 22.8 Å². The summed E-state index contributed by atoms with van der Waals surface area (Å²) in [5, 5.41) is 12.3. The smallest absolute Gasteiger partial charge is 0.433 e. The zero-order chi connectivity index (χ0) is 24.6. The predicted octanol–water partition coefficient (Wildman–Crippen LogP) is 6.75. The van der Waals surface area contributed by atoms with E-state index >= 15 is 0 Å². The number of carboxylic acids is 1. The highest BCUT2D eigenvalue weighted by Crippen LogP contribution is 2.34. The van der Waals surface area contributed by atoms with Crippen molar-refractivity contribution in [3.63, 3.8) is 0 Å². The van der Waals surface area contributed by atoms with Gasteiger partial charge >= 0.3 is 18.3 Å². The van der Waals surface area contributed by atoms with Gasteiger partial charge in [-0.15, -0.1) is 5.69 Å². The highest BCUT2D eigenvalue weighted by atomic mass is 35.5. The summed E-state index contributed by atoms with van der Waals surface area (Å²) < 4.78 is 80.6. The number of hydrogen-bond donors (Lipinski definition) is 1. The monoisotopic (exact) mass is 491 g/mol. The van der Waals surface area contributed by atoms with E-state index in [1.165, 1.54) is 18.4 Å². The van der Waals surface area contributed by atoms with Crippen molar-refractivity contribution in [3.8, 4) is 11.5 Å². The number of fused-ring (bicyclic) bond motifs is 1. The molecule has 33 heavy (non-hydrogen) atoms. The molecule has 0 radical (unpaired) electrons. The standard InChI is InChI=1S/C12H6F3N3O3.C7H4ClF3N/c13-12(14,15)9-4-6(8-2-1-3-21-8)16-10-5-7(11(19)20)17-18(9)10;8-5-2-1-4(3-6(5)12)7(9,10)11/h1-5H,(H,19,20);1-3,12H/q;-1. The van der Waals surface area contributed by atoms with Gasteiger partial charge in [0.25, 0.3) is 0 Å². The van der Waals surface area contributed by atoms with Crippen molar-refractivity contribution < 1.29 is 40.7 Å². The van der Waals surface area contributed by atoms with Crippen molar-refractivity contribution in [2.45, 2.75) is 12.4 Å². The van der Waals surface area contributed by atoms with Crippen LogP contribution in [0.2, 0.25) is 5.02 Å². The van der Waals surface area contributed by atoms with Crippen molar-refractivity contribution in [2.24, 2.45) is 0 Å². The van der Waals surface area contributed by atoms with Gasteiger partial charge in [0.05, 0.1) is 11.8 Å². The Bertz CT molecular complexity index is 1300. The lowest BCUT2D eigenvalue weighted by Crippen LogP contribution is -2.14. The molecule has 3 heterocycles. The number of nitrogens with zero attached hydrogens (tertiary/aromatic N) is 3. The summed E-state index contributed by atoms with van der Waals surface area (Å²) in [7, 11) is 0. The second-order valence-electron chi connectivity index (χ2n) is 6.30. The van der Waals surface area contributed by atoms with Crippen molar-refractivity contribution >= 4 is 28.9 Å². The Balaban J connectivity index is 0.000000218. The number of hydrogen-bond acceptors (Lipinski definition) is 4. The van der Waals surface area contributed by atoms with Gasteiger partial charge in [-0.25, -0.2) is 14.3 Å². The van der Waals surface area contributed by atoms with Crippen LogP contribution in [0.15, 0.2) is 53.1 Å². The fraction of sp³-hybridized carbons (Fsp3) is 0.105. The number of halogens is 7. The lowest BCUT2D eigenvalue weighted by molar-refractivity contribution is -0.142. The van der Waals surface area contributed by atoms with E-state index in [0.717, 1.165) is 24.3 Å². The maximum atomic E-state index is 13.1. The molecule has 0 fully saturated rings. The largest absolute Gasteiger partial charge is 0.698 e. The minimum atomic E-state index is -4.72. The number of furan rings is 1. The minimum Gasteiger partial charge on any atom is -0.698 e. The minimum absolute atomic E-state index is 0.0167. The molecule has 4 rings (SSSR count). The van der Waals surface area contributed by atoms with Gasteiger partial charge in [-0.1, -0.05) is 17.7 Å². The van der Waals surface area contributed by atoms with Crippen LogP contribution in [-0.2, 0) is 12.4 Å². The van der Waals surface area contributed by atoms with E-state index < -0.39 is 35.3 Å². The number of aromatic nitrogens is 3. The molecule has 2 N–H and O–H groups in total. The molecule has 0 aliphatic rings. The molecule has 0 aliphatic carbocycles. The first-order valence-corrected chi connectivity index (χ1v) is 8.98. The maximum absolute atomic E-state index is 13.1. The normalized spacial score (nSPS) is 11.8. The van der Waals surface area contributed by atoms with Gasteiger partial charge in [-0.2, -0.15) is 31.4 Å². The van der Waals surface area contributed by atoms with Crippen molar-refractivity contribution in [1.82, 2.24) is 14.6 Å². The van der Waals surface area contributed by atoms with Crippen molar-refractivity contribution in [2.75, 3.05) is 0 Å². The molecule has 4 aromatic rings. The van der Waals surface area contributed by atoms with E-state index in [1.54, 1.807) is 0 Å². The first-order chi connectivity index (χ1) is 15.3. The van der Waals surface area contributed by atoms with Crippen molar-refractivity contribution in [1.29, 1.82) is 0 Å².